The normalized spacial score (nSPS) is 13.0. The number of thiophene rings is 1. The van der Waals surface area contributed by atoms with Crippen LogP contribution in [0.2, 0.25) is 0 Å². The van der Waals surface area contributed by atoms with Gasteiger partial charge < -0.3 is 15.1 Å². The van der Waals surface area contributed by atoms with Gasteiger partial charge in [0.05, 0.1) is 14.8 Å². The molecule has 2 aromatic heterocycles. The number of aliphatic hydroxyl groups is 1. The maximum Gasteiger partial charge on any atom is 0.323 e. The van der Waals surface area contributed by atoms with Crippen molar-refractivity contribution in [3.8, 4) is 0 Å². The Hall–Kier alpha value is -0.890. The molecule has 0 spiro atoms. The molecule has 0 radical (unpaired) electrons. The van der Waals surface area contributed by atoms with E-state index >= 15 is 0 Å². The molecular weight excluding hydrogens is 396 g/mol. The molecule has 98 valence electrons. The van der Waals surface area contributed by atoms with Gasteiger partial charge >= 0.3 is 5.69 Å². The number of nitrogens with one attached hydrogen (secondary N) is 2. The molecule has 1 atom stereocenters. The van der Waals surface area contributed by atoms with Crippen LogP contribution in [-0.2, 0) is 0 Å². The second-order valence-electron chi connectivity index (χ2n) is 4.04. The summed E-state index contributed by atoms with van der Waals surface area (Å²) in [6.07, 6.45) is -0.728. The number of hydrogen-bond donors (Lipinski definition) is 3. The highest BCUT2D eigenvalue weighted by molar-refractivity contribution is 9.11. The molecule has 3 rings (SSSR count). The van der Waals surface area contributed by atoms with Gasteiger partial charge in [-0.1, -0.05) is 15.9 Å². The third-order valence-electron chi connectivity index (χ3n) is 2.79. The maximum atomic E-state index is 11.3. The Bertz CT molecular complexity index is 806. The van der Waals surface area contributed by atoms with Crippen LogP contribution in [0.1, 0.15) is 16.5 Å². The first-order valence-corrected chi connectivity index (χ1v) is 7.79. The zero-order valence-electron chi connectivity index (χ0n) is 9.41. The number of imidazole rings is 1. The summed E-state index contributed by atoms with van der Waals surface area (Å²) in [5.41, 5.74) is 1.85. The van der Waals surface area contributed by atoms with E-state index in [1.54, 1.807) is 12.1 Å². The van der Waals surface area contributed by atoms with Gasteiger partial charge in [-0.3, -0.25) is 0 Å². The number of halogens is 2. The van der Waals surface area contributed by atoms with Crippen molar-refractivity contribution in [1.29, 1.82) is 0 Å². The van der Waals surface area contributed by atoms with E-state index in [-0.39, 0.29) is 5.69 Å². The number of H-pyrrole nitrogens is 2. The fourth-order valence-corrected chi connectivity index (χ4v) is 3.90. The quantitative estimate of drug-likeness (QED) is 0.612. The van der Waals surface area contributed by atoms with Crippen LogP contribution in [0, 0.1) is 0 Å². The molecule has 0 aliphatic rings. The molecule has 1 unspecified atom stereocenters. The number of rotatable bonds is 2. The van der Waals surface area contributed by atoms with E-state index in [1.165, 1.54) is 11.3 Å². The Balaban J connectivity index is 2.13. The van der Waals surface area contributed by atoms with Gasteiger partial charge in [0.1, 0.15) is 6.10 Å². The number of fused-ring (bicyclic) bond motifs is 1. The second-order valence-corrected chi connectivity index (χ2v) is 7.39. The van der Waals surface area contributed by atoms with Crippen LogP contribution in [0.4, 0.5) is 0 Å². The number of aromatic amines is 2. The topological polar surface area (TPSA) is 68.9 Å². The first-order chi connectivity index (χ1) is 9.04. The fraction of sp³-hybridized carbons (Fsp3) is 0.0833. The van der Waals surface area contributed by atoms with Gasteiger partial charge in [0, 0.05) is 14.9 Å². The summed E-state index contributed by atoms with van der Waals surface area (Å²) in [6, 6.07) is 7.33. The van der Waals surface area contributed by atoms with Gasteiger partial charge in [0.15, 0.2) is 0 Å². The lowest BCUT2D eigenvalue weighted by Crippen LogP contribution is -1.99. The zero-order valence-corrected chi connectivity index (χ0v) is 13.4. The number of hydrogen-bond acceptors (Lipinski definition) is 3. The van der Waals surface area contributed by atoms with E-state index in [0.29, 0.717) is 11.0 Å². The monoisotopic (exact) mass is 402 g/mol. The molecule has 3 N–H and O–H groups in total. The Morgan fingerprint density at radius 2 is 1.84 bits per heavy atom. The highest BCUT2D eigenvalue weighted by Crippen LogP contribution is 2.35. The zero-order chi connectivity index (χ0) is 13.6. The molecule has 19 heavy (non-hydrogen) atoms. The molecule has 0 aliphatic heterocycles. The molecule has 1 aromatic carbocycles. The molecular formula is C12H8Br2N2O2S. The van der Waals surface area contributed by atoms with Crippen LogP contribution in [0.15, 0.2) is 37.3 Å². The van der Waals surface area contributed by atoms with Crippen LogP contribution in [0.5, 0.6) is 0 Å². The lowest BCUT2D eigenvalue weighted by Gasteiger charge is -2.11. The van der Waals surface area contributed by atoms with E-state index in [1.807, 2.05) is 12.1 Å². The Morgan fingerprint density at radius 1 is 1.16 bits per heavy atom. The van der Waals surface area contributed by atoms with Crippen LogP contribution in [0.25, 0.3) is 11.0 Å². The Kier molecular flexibility index (Phi) is 3.38. The highest BCUT2D eigenvalue weighted by atomic mass is 79.9. The average Bonchev–Trinajstić information content (AvgIpc) is 2.92. The molecule has 0 saturated carbocycles. The first-order valence-electron chi connectivity index (χ1n) is 5.39. The van der Waals surface area contributed by atoms with Gasteiger partial charge in [-0.2, -0.15) is 0 Å². The van der Waals surface area contributed by atoms with Crippen molar-refractivity contribution >= 4 is 54.2 Å². The van der Waals surface area contributed by atoms with Crippen molar-refractivity contribution in [2.75, 3.05) is 0 Å². The van der Waals surface area contributed by atoms with Crippen molar-refractivity contribution in [1.82, 2.24) is 9.97 Å². The standard InChI is InChI=1S/C12H8Br2N2O2S/c13-6-4-8-7(15-12(18)16-8)3-5(6)11(17)9-1-2-10(14)19-9/h1-4,11,17H,(H2,15,16,18). The van der Waals surface area contributed by atoms with Crippen LogP contribution in [0.3, 0.4) is 0 Å². The molecule has 0 amide bonds. The fourth-order valence-electron chi connectivity index (χ4n) is 1.91. The van der Waals surface area contributed by atoms with Gasteiger partial charge in [-0.15, -0.1) is 11.3 Å². The van der Waals surface area contributed by atoms with Crippen LogP contribution >= 0.6 is 43.2 Å². The minimum absolute atomic E-state index is 0.257. The van der Waals surface area contributed by atoms with E-state index < -0.39 is 6.10 Å². The van der Waals surface area contributed by atoms with Gasteiger partial charge in [0.2, 0.25) is 0 Å². The minimum atomic E-state index is -0.728. The molecule has 0 bridgehead atoms. The summed E-state index contributed by atoms with van der Waals surface area (Å²) in [5, 5.41) is 10.4. The summed E-state index contributed by atoms with van der Waals surface area (Å²) in [4.78, 5) is 17.5. The lowest BCUT2D eigenvalue weighted by molar-refractivity contribution is 0.223. The smallest absolute Gasteiger partial charge is 0.323 e. The van der Waals surface area contributed by atoms with Crippen LogP contribution in [-0.4, -0.2) is 15.1 Å². The second kappa shape index (κ2) is 4.90. The third-order valence-corrected chi connectivity index (χ3v) is 5.15. The summed E-state index contributed by atoms with van der Waals surface area (Å²) in [6.45, 7) is 0. The van der Waals surface area contributed by atoms with Crippen molar-refractivity contribution < 1.29 is 5.11 Å². The number of benzene rings is 1. The molecule has 7 heteroatoms. The minimum Gasteiger partial charge on any atom is -0.383 e. The molecule has 3 aromatic rings. The van der Waals surface area contributed by atoms with E-state index in [0.717, 1.165) is 18.7 Å². The van der Waals surface area contributed by atoms with Crippen molar-refractivity contribution in [2.24, 2.45) is 0 Å². The highest BCUT2D eigenvalue weighted by Gasteiger charge is 2.17. The predicted octanol–water partition coefficient (Wildman–Crippen LogP) is 3.52. The molecule has 0 aliphatic carbocycles. The van der Waals surface area contributed by atoms with Gasteiger partial charge in [0.25, 0.3) is 0 Å². The summed E-state index contributed by atoms with van der Waals surface area (Å²) < 4.78 is 1.72. The Morgan fingerprint density at radius 3 is 2.47 bits per heavy atom. The van der Waals surface area contributed by atoms with Gasteiger partial charge in [-0.25, -0.2) is 4.79 Å². The maximum absolute atomic E-state index is 11.3. The average molecular weight is 404 g/mol. The predicted molar refractivity (Wildman–Crippen MR) is 82.7 cm³/mol. The largest absolute Gasteiger partial charge is 0.383 e. The third kappa shape index (κ3) is 2.43. The van der Waals surface area contributed by atoms with Crippen molar-refractivity contribution in [3.63, 3.8) is 0 Å². The SMILES string of the molecule is O=c1[nH]c2cc(Br)c(C(O)c3ccc(Br)s3)cc2[nH]1. The van der Waals surface area contributed by atoms with Gasteiger partial charge in [-0.05, 0) is 40.2 Å². The molecule has 0 fully saturated rings. The van der Waals surface area contributed by atoms with Crippen molar-refractivity contribution in [3.05, 3.63) is 53.4 Å². The van der Waals surface area contributed by atoms with E-state index in [4.69, 9.17) is 0 Å². The molecule has 2 heterocycles. The first kappa shape index (κ1) is 13.1. The van der Waals surface area contributed by atoms with E-state index in [2.05, 4.69) is 41.8 Å². The van der Waals surface area contributed by atoms with E-state index in [9.17, 15) is 9.90 Å². The number of aliphatic hydroxyl groups excluding tert-OH is 1. The summed E-state index contributed by atoms with van der Waals surface area (Å²) in [7, 11) is 0. The Labute approximate surface area is 128 Å². The lowest BCUT2D eigenvalue weighted by atomic mass is 10.1. The summed E-state index contributed by atoms with van der Waals surface area (Å²) in [5.74, 6) is 0. The van der Waals surface area contributed by atoms with Crippen molar-refractivity contribution in [2.45, 2.75) is 6.10 Å². The molecule has 0 saturated heterocycles. The molecule has 4 nitrogen and oxygen atoms in total. The van der Waals surface area contributed by atoms with Crippen LogP contribution < -0.4 is 5.69 Å². The number of aromatic nitrogens is 2. The summed E-state index contributed by atoms with van der Waals surface area (Å²) >= 11 is 8.28.